The second kappa shape index (κ2) is 9.68. The highest BCUT2D eigenvalue weighted by molar-refractivity contribution is 5.81. The van der Waals surface area contributed by atoms with E-state index in [4.69, 9.17) is 14.6 Å². The smallest absolute Gasteiger partial charge is 0.408 e. The van der Waals surface area contributed by atoms with Gasteiger partial charge in [0.2, 0.25) is 0 Å². The van der Waals surface area contributed by atoms with Crippen LogP contribution in [-0.4, -0.2) is 41.6 Å². The molecular formula is C16H23NO6. The summed E-state index contributed by atoms with van der Waals surface area (Å²) in [6.45, 7) is 3.95. The number of amides is 1. The molecule has 0 radical (unpaired) electrons. The van der Waals surface area contributed by atoms with Gasteiger partial charge in [-0.3, -0.25) is 0 Å². The minimum absolute atomic E-state index is 0.143. The molecule has 128 valence electrons. The fraction of sp³-hybridized carbons (Fsp3) is 0.500. The maximum Gasteiger partial charge on any atom is 0.408 e. The average Bonchev–Trinajstić information content (AvgIpc) is 2.51. The molecule has 1 aromatic rings. The third kappa shape index (κ3) is 7.01. The van der Waals surface area contributed by atoms with Crippen LogP contribution >= 0.6 is 0 Å². The van der Waals surface area contributed by atoms with Crippen LogP contribution in [0.1, 0.15) is 38.3 Å². The predicted molar refractivity (Wildman–Crippen MR) is 83.4 cm³/mol. The Morgan fingerprint density at radius 2 is 1.91 bits per heavy atom. The summed E-state index contributed by atoms with van der Waals surface area (Å²) in [6.07, 6.45) is 0.241. The van der Waals surface area contributed by atoms with E-state index in [1.807, 2.05) is 6.92 Å². The van der Waals surface area contributed by atoms with E-state index in [9.17, 15) is 14.7 Å². The highest BCUT2D eigenvalue weighted by Crippen LogP contribution is 2.18. The zero-order chi connectivity index (χ0) is 17.2. The molecule has 0 saturated carbocycles. The van der Waals surface area contributed by atoms with Crippen molar-refractivity contribution < 1.29 is 29.3 Å². The Morgan fingerprint density at radius 3 is 2.43 bits per heavy atom. The minimum atomic E-state index is -1.20. The molecule has 3 N–H and O–H groups in total. The Morgan fingerprint density at radius 1 is 1.26 bits per heavy atom. The standard InChI is InChI=1S/C16H23NO6/c1-3-4-9-22-16(21)17-14(15(19)20)12-5-7-13(8-6-12)23-10-11(2)18/h5-8,11,14,18H,3-4,9-10H2,1-2H3,(H,17,21)(H,19,20). The first kappa shape index (κ1) is 18.8. The second-order valence-electron chi connectivity index (χ2n) is 5.13. The monoisotopic (exact) mass is 325 g/mol. The molecule has 0 bridgehead atoms. The van der Waals surface area contributed by atoms with Crippen LogP contribution in [0.15, 0.2) is 24.3 Å². The quantitative estimate of drug-likeness (QED) is 0.601. The fourth-order valence-electron chi connectivity index (χ4n) is 1.73. The highest BCUT2D eigenvalue weighted by atomic mass is 16.5. The minimum Gasteiger partial charge on any atom is -0.491 e. The van der Waals surface area contributed by atoms with Gasteiger partial charge < -0.3 is 25.0 Å². The van der Waals surface area contributed by atoms with Crippen molar-refractivity contribution in [1.29, 1.82) is 0 Å². The van der Waals surface area contributed by atoms with Gasteiger partial charge in [-0.15, -0.1) is 0 Å². The number of carboxylic acid groups (broad SMARTS) is 1. The molecule has 0 heterocycles. The van der Waals surface area contributed by atoms with Gasteiger partial charge in [0.1, 0.15) is 12.4 Å². The molecule has 23 heavy (non-hydrogen) atoms. The highest BCUT2D eigenvalue weighted by Gasteiger charge is 2.22. The third-order valence-corrected chi connectivity index (χ3v) is 2.94. The number of nitrogens with one attached hydrogen (secondary N) is 1. The lowest BCUT2D eigenvalue weighted by molar-refractivity contribution is -0.139. The van der Waals surface area contributed by atoms with Gasteiger partial charge in [0.25, 0.3) is 0 Å². The van der Waals surface area contributed by atoms with Crippen molar-refractivity contribution in [3.63, 3.8) is 0 Å². The van der Waals surface area contributed by atoms with E-state index < -0.39 is 24.2 Å². The van der Waals surface area contributed by atoms with Crippen LogP contribution in [0.25, 0.3) is 0 Å². The summed E-state index contributed by atoms with van der Waals surface area (Å²) in [6, 6.07) is 5.05. The molecule has 1 aromatic carbocycles. The van der Waals surface area contributed by atoms with E-state index in [1.54, 1.807) is 31.2 Å². The van der Waals surface area contributed by atoms with Crippen molar-refractivity contribution in [1.82, 2.24) is 5.32 Å². The molecule has 0 spiro atoms. The van der Waals surface area contributed by atoms with Crippen LogP contribution in [0, 0.1) is 0 Å². The van der Waals surface area contributed by atoms with E-state index in [0.29, 0.717) is 11.3 Å². The number of aliphatic hydroxyl groups is 1. The molecule has 0 aliphatic rings. The normalized spacial score (nSPS) is 13.0. The Bertz CT molecular complexity index is 500. The summed E-state index contributed by atoms with van der Waals surface area (Å²) in [5.74, 6) is -0.681. The molecule has 2 atom stereocenters. The Balaban J connectivity index is 2.66. The largest absolute Gasteiger partial charge is 0.491 e. The fourth-order valence-corrected chi connectivity index (χ4v) is 1.73. The van der Waals surface area contributed by atoms with Crippen molar-refractivity contribution in [3.05, 3.63) is 29.8 Å². The zero-order valence-electron chi connectivity index (χ0n) is 13.3. The zero-order valence-corrected chi connectivity index (χ0v) is 13.3. The number of unbranched alkanes of at least 4 members (excludes halogenated alkanes) is 1. The first-order chi connectivity index (χ1) is 10.9. The van der Waals surface area contributed by atoms with Crippen molar-refractivity contribution in [2.75, 3.05) is 13.2 Å². The van der Waals surface area contributed by atoms with Crippen molar-refractivity contribution in [2.45, 2.75) is 38.8 Å². The molecule has 7 heteroatoms. The number of carbonyl (C=O) groups excluding carboxylic acids is 1. The molecule has 7 nitrogen and oxygen atoms in total. The number of carboxylic acids is 1. The van der Waals surface area contributed by atoms with Crippen LogP contribution in [-0.2, 0) is 9.53 Å². The lowest BCUT2D eigenvalue weighted by Crippen LogP contribution is -2.34. The molecule has 0 aromatic heterocycles. The number of ether oxygens (including phenoxy) is 2. The van der Waals surface area contributed by atoms with Gasteiger partial charge >= 0.3 is 12.1 Å². The summed E-state index contributed by atoms with van der Waals surface area (Å²) in [5.41, 5.74) is 0.398. The number of hydrogen-bond acceptors (Lipinski definition) is 5. The first-order valence-corrected chi connectivity index (χ1v) is 7.51. The number of hydrogen-bond donors (Lipinski definition) is 3. The lowest BCUT2D eigenvalue weighted by atomic mass is 10.1. The van der Waals surface area contributed by atoms with Gasteiger partial charge in [-0.1, -0.05) is 25.5 Å². The Labute approximate surface area is 135 Å². The maximum absolute atomic E-state index is 11.6. The number of benzene rings is 1. The molecule has 0 fully saturated rings. The van der Waals surface area contributed by atoms with Crippen LogP contribution in [0.5, 0.6) is 5.75 Å². The Kier molecular flexibility index (Phi) is 7.90. The van der Waals surface area contributed by atoms with E-state index in [0.717, 1.165) is 12.8 Å². The predicted octanol–water partition coefficient (Wildman–Crippen LogP) is 2.10. The summed E-state index contributed by atoms with van der Waals surface area (Å²) in [4.78, 5) is 22.9. The van der Waals surface area contributed by atoms with E-state index in [-0.39, 0.29) is 13.2 Å². The molecular weight excluding hydrogens is 302 g/mol. The molecule has 0 aliphatic heterocycles. The average molecular weight is 325 g/mol. The summed E-state index contributed by atoms with van der Waals surface area (Å²) >= 11 is 0. The van der Waals surface area contributed by atoms with Crippen molar-refractivity contribution in [3.8, 4) is 5.75 Å². The molecule has 2 unspecified atom stereocenters. The number of alkyl carbamates (subject to hydrolysis) is 1. The van der Waals surface area contributed by atoms with Gasteiger partial charge in [0.15, 0.2) is 6.04 Å². The van der Waals surface area contributed by atoms with Gasteiger partial charge in [-0.05, 0) is 31.0 Å². The second-order valence-corrected chi connectivity index (χ2v) is 5.13. The summed E-state index contributed by atoms with van der Waals surface area (Å²) < 4.78 is 10.2. The molecule has 1 amide bonds. The number of carbonyl (C=O) groups is 2. The van der Waals surface area contributed by atoms with E-state index in [1.165, 1.54) is 0 Å². The number of rotatable bonds is 9. The van der Waals surface area contributed by atoms with E-state index >= 15 is 0 Å². The number of aliphatic hydroxyl groups excluding tert-OH is 1. The van der Waals surface area contributed by atoms with Gasteiger partial charge in [0, 0.05) is 0 Å². The topological polar surface area (TPSA) is 105 Å². The summed E-state index contributed by atoms with van der Waals surface area (Å²) in [7, 11) is 0. The van der Waals surface area contributed by atoms with E-state index in [2.05, 4.69) is 5.32 Å². The van der Waals surface area contributed by atoms with Gasteiger partial charge in [-0.25, -0.2) is 9.59 Å². The number of aliphatic carboxylic acids is 1. The van der Waals surface area contributed by atoms with Crippen molar-refractivity contribution >= 4 is 12.1 Å². The lowest BCUT2D eigenvalue weighted by Gasteiger charge is -2.15. The molecule has 0 aliphatic carbocycles. The Hall–Kier alpha value is -2.28. The van der Waals surface area contributed by atoms with Crippen LogP contribution in [0.2, 0.25) is 0 Å². The van der Waals surface area contributed by atoms with Crippen LogP contribution in [0.4, 0.5) is 4.79 Å². The SMILES string of the molecule is CCCCOC(=O)NC(C(=O)O)c1ccc(OCC(C)O)cc1. The summed E-state index contributed by atoms with van der Waals surface area (Å²) in [5, 5.41) is 20.7. The molecule has 0 saturated heterocycles. The first-order valence-electron chi connectivity index (χ1n) is 7.51. The third-order valence-electron chi connectivity index (χ3n) is 2.94. The van der Waals surface area contributed by atoms with Crippen LogP contribution < -0.4 is 10.1 Å². The van der Waals surface area contributed by atoms with Gasteiger partial charge in [0.05, 0.1) is 12.7 Å². The van der Waals surface area contributed by atoms with Crippen LogP contribution in [0.3, 0.4) is 0 Å². The van der Waals surface area contributed by atoms with Gasteiger partial charge in [-0.2, -0.15) is 0 Å². The van der Waals surface area contributed by atoms with Crippen molar-refractivity contribution in [2.24, 2.45) is 0 Å². The molecule has 1 rings (SSSR count). The maximum atomic E-state index is 11.6.